The van der Waals surface area contributed by atoms with Crippen molar-refractivity contribution in [2.75, 3.05) is 0 Å². The van der Waals surface area contributed by atoms with Gasteiger partial charge in [-0.3, -0.25) is 4.79 Å². The summed E-state index contributed by atoms with van der Waals surface area (Å²) in [5.41, 5.74) is 0.370. The molecule has 1 aromatic rings. The Morgan fingerprint density at radius 2 is 1.89 bits per heavy atom. The second-order valence-corrected chi connectivity index (χ2v) is 7.90. The molecule has 2 atom stereocenters. The zero-order valence-corrected chi connectivity index (χ0v) is 16.5. The molecule has 0 radical (unpaired) electrons. The van der Waals surface area contributed by atoms with Gasteiger partial charge >= 0.3 is 12.3 Å². The molecular formula is C19H19BrF3NO3. The number of benzene rings is 1. The van der Waals surface area contributed by atoms with Gasteiger partial charge in [0.2, 0.25) is 0 Å². The van der Waals surface area contributed by atoms with E-state index in [-0.39, 0.29) is 5.56 Å². The van der Waals surface area contributed by atoms with Gasteiger partial charge in [0.15, 0.2) is 0 Å². The number of carbonyl (C=O) groups is 2. The average molecular weight is 446 g/mol. The molecule has 2 amide bonds. The monoisotopic (exact) mass is 445 g/mol. The smallest absolute Gasteiger partial charge is 0.417 e. The quantitative estimate of drug-likeness (QED) is 0.591. The fourth-order valence-electron chi connectivity index (χ4n) is 3.56. The maximum Gasteiger partial charge on any atom is 0.417 e. The van der Waals surface area contributed by atoms with E-state index in [4.69, 9.17) is 4.74 Å². The van der Waals surface area contributed by atoms with Crippen LogP contribution in [0.1, 0.15) is 55.4 Å². The van der Waals surface area contributed by atoms with E-state index in [2.05, 4.69) is 15.9 Å². The maximum absolute atomic E-state index is 13.1. The molecule has 2 aliphatic rings. The summed E-state index contributed by atoms with van der Waals surface area (Å²) in [6, 6.07) is 2.86. The van der Waals surface area contributed by atoms with Crippen molar-refractivity contribution in [1.29, 1.82) is 0 Å². The van der Waals surface area contributed by atoms with Crippen molar-refractivity contribution in [3.05, 3.63) is 44.9 Å². The van der Waals surface area contributed by atoms with Gasteiger partial charge in [0.05, 0.1) is 11.6 Å². The number of nitrogens with zero attached hydrogens (tertiary/aromatic N) is 1. The molecule has 0 bridgehead atoms. The Balaban J connectivity index is 1.92. The van der Waals surface area contributed by atoms with Gasteiger partial charge in [-0.2, -0.15) is 13.2 Å². The van der Waals surface area contributed by atoms with Gasteiger partial charge in [0, 0.05) is 10.1 Å². The van der Waals surface area contributed by atoms with Crippen molar-refractivity contribution in [2.24, 2.45) is 0 Å². The van der Waals surface area contributed by atoms with E-state index >= 15 is 0 Å². The first-order chi connectivity index (χ1) is 12.6. The summed E-state index contributed by atoms with van der Waals surface area (Å²) >= 11 is 3.40. The zero-order valence-electron chi connectivity index (χ0n) is 14.9. The molecule has 8 heteroatoms. The van der Waals surface area contributed by atoms with Crippen molar-refractivity contribution in [1.82, 2.24) is 4.90 Å². The third-order valence-electron chi connectivity index (χ3n) is 4.90. The Kier molecular flexibility index (Phi) is 5.38. The summed E-state index contributed by atoms with van der Waals surface area (Å²) in [4.78, 5) is 26.2. The van der Waals surface area contributed by atoms with Gasteiger partial charge < -0.3 is 4.74 Å². The molecular weight excluding hydrogens is 427 g/mol. The van der Waals surface area contributed by atoms with Crippen molar-refractivity contribution in [2.45, 2.75) is 57.9 Å². The molecule has 1 aromatic carbocycles. The Bertz CT molecular complexity index is 819. The number of carbonyl (C=O) groups excluding carboxylic acids is 2. The minimum absolute atomic E-state index is 0.232. The third-order valence-corrected chi connectivity index (χ3v) is 5.78. The summed E-state index contributed by atoms with van der Waals surface area (Å²) in [7, 11) is 0. The Morgan fingerprint density at radius 3 is 2.52 bits per heavy atom. The van der Waals surface area contributed by atoms with Crippen LogP contribution in [0, 0.1) is 6.92 Å². The number of halogens is 4. The highest BCUT2D eigenvalue weighted by Gasteiger charge is 2.45. The Labute approximate surface area is 163 Å². The van der Waals surface area contributed by atoms with Gasteiger partial charge in [-0.15, -0.1) is 0 Å². The van der Waals surface area contributed by atoms with Gasteiger partial charge in [-0.05, 0) is 57.2 Å². The van der Waals surface area contributed by atoms with Crippen LogP contribution in [-0.4, -0.2) is 22.9 Å². The molecule has 0 N–H and O–H groups in total. The van der Waals surface area contributed by atoms with Gasteiger partial charge in [-0.1, -0.05) is 27.6 Å². The number of allylic oxidation sites excluding steroid dienone is 1. The highest BCUT2D eigenvalue weighted by Crippen LogP contribution is 2.39. The molecule has 27 heavy (non-hydrogen) atoms. The minimum atomic E-state index is -4.50. The van der Waals surface area contributed by atoms with E-state index in [0.29, 0.717) is 17.6 Å². The van der Waals surface area contributed by atoms with Crippen molar-refractivity contribution in [3.63, 3.8) is 0 Å². The van der Waals surface area contributed by atoms with Crippen LogP contribution in [0.5, 0.6) is 0 Å². The van der Waals surface area contributed by atoms with Crippen LogP contribution in [0.3, 0.4) is 0 Å². The Morgan fingerprint density at radius 1 is 1.22 bits per heavy atom. The average Bonchev–Trinajstić information content (AvgIpc) is 2.88. The number of aryl methyl sites for hydroxylation is 1. The Hall–Kier alpha value is -1.83. The summed E-state index contributed by atoms with van der Waals surface area (Å²) in [6.45, 7) is 3.16. The predicted octanol–water partition coefficient (Wildman–Crippen LogP) is 5.65. The zero-order chi connectivity index (χ0) is 19.9. The molecule has 1 saturated heterocycles. The van der Waals surface area contributed by atoms with Crippen LogP contribution in [-0.2, 0) is 15.7 Å². The normalized spacial score (nSPS) is 23.6. The first kappa shape index (κ1) is 19.9. The van der Waals surface area contributed by atoms with Gasteiger partial charge in [0.25, 0.3) is 5.91 Å². The first-order valence-corrected chi connectivity index (χ1v) is 9.49. The fraction of sp³-hybridized carbons (Fsp3) is 0.474. The van der Waals surface area contributed by atoms with Crippen LogP contribution in [0.15, 0.2) is 28.3 Å². The number of amides is 2. The number of hydrogen-bond donors (Lipinski definition) is 0. The van der Waals surface area contributed by atoms with Crippen LogP contribution < -0.4 is 0 Å². The molecule has 0 spiro atoms. The van der Waals surface area contributed by atoms with Crippen LogP contribution >= 0.6 is 15.9 Å². The lowest BCUT2D eigenvalue weighted by Gasteiger charge is -2.23. The third kappa shape index (κ3) is 3.90. The molecule has 0 aromatic heterocycles. The van der Waals surface area contributed by atoms with Gasteiger partial charge in [0.1, 0.15) is 6.10 Å². The number of cyclic esters (lactones) is 1. The highest BCUT2D eigenvalue weighted by atomic mass is 79.9. The molecule has 1 aliphatic heterocycles. The number of hydrogen-bond acceptors (Lipinski definition) is 3. The number of rotatable bonds is 2. The molecule has 0 saturated carbocycles. The van der Waals surface area contributed by atoms with Crippen LogP contribution in [0.4, 0.5) is 18.0 Å². The summed E-state index contributed by atoms with van der Waals surface area (Å²) in [5.74, 6) is -0.440. The maximum atomic E-state index is 13.1. The number of imide groups is 1. The number of alkyl halides is 3. The highest BCUT2D eigenvalue weighted by molar-refractivity contribution is 9.11. The topological polar surface area (TPSA) is 46.6 Å². The molecule has 1 aliphatic carbocycles. The van der Waals surface area contributed by atoms with Crippen molar-refractivity contribution in [3.8, 4) is 0 Å². The van der Waals surface area contributed by atoms with Crippen LogP contribution in [0.25, 0.3) is 0 Å². The summed E-state index contributed by atoms with van der Waals surface area (Å²) < 4.78 is 45.4. The SMILES string of the molecule is Cc1cc([C@H]2OC(=O)N(C(=O)C3=C(Br)CCCC3)[C@H]2C)cc(C(F)(F)F)c1. The van der Waals surface area contributed by atoms with E-state index in [1.165, 1.54) is 0 Å². The van der Waals surface area contributed by atoms with E-state index in [9.17, 15) is 22.8 Å². The second-order valence-electron chi connectivity index (χ2n) is 6.94. The second kappa shape index (κ2) is 7.30. The van der Waals surface area contributed by atoms with E-state index in [1.54, 1.807) is 19.9 Å². The molecule has 1 heterocycles. The molecule has 4 nitrogen and oxygen atoms in total. The van der Waals surface area contributed by atoms with Crippen molar-refractivity contribution >= 4 is 27.9 Å². The summed E-state index contributed by atoms with van der Waals surface area (Å²) in [6.07, 6.45) is -3.17. The lowest BCUT2D eigenvalue weighted by Crippen LogP contribution is -2.39. The van der Waals surface area contributed by atoms with Crippen LogP contribution in [0.2, 0.25) is 0 Å². The standard InChI is InChI=1S/C19H19BrF3NO3/c1-10-7-12(9-13(8-10)19(21,22)23)16-11(2)24(18(26)27-16)17(25)14-5-3-4-6-15(14)20/h7-9,11,16H,3-6H2,1-2H3/t11-,16-/m0/s1. The largest absolute Gasteiger partial charge is 0.439 e. The molecule has 3 rings (SSSR count). The van der Waals surface area contributed by atoms with Crippen molar-refractivity contribution < 1.29 is 27.5 Å². The first-order valence-electron chi connectivity index (χ1n) is 8.70. The predicted molar refractivity (Wildman–Crippen MR) is 96.1 cm³/mol. The lowest BCUT2D eigenvalue weighted by molar-refractivity contribution is -0.137. The van der Waals surface area contributed by atoms with Gasteiger partial charge in [-0.25, -0.2) is 9.69 Å². The molecule has 0 unspecified atom stereocenters. The minimum Gasteiger partial charge on any atom is -0.439 e. The lowest BCUT2D eigenvalue weighted by atomic mass is 9.96. The van der Waals surface area contributed by atoms with E-state index < -0.39 is 35.9 Å². The van der Waals surface area contributed by atoms with E-state index in [1.807, 2.05) is 0 Å². The summed E-state index contributed by atoms with van der Waals surface area (Å²) in [5, 5.41) is 0. The fourth-order valence-corrected chi connectivity index (χ4v) is 4.21. The number of ether oxygens (including phenoxy) is 1. The molecule has 146 valence electrons. The van der Waals surface area contributed by atoms with E-state index in [0.717, 1.165) is 40.8 Å². The molecule has 1 fully saturated rings.